The molecule has 2 atom stereocenters. The van der Waals surface area contributed by atoms with Gasteiger partial charge in [0.25, 0.3) is 6.43 Å². The first kappa shape index (κ1) is 23.8. The van der Waals surface area contributed by atoms with Crippen LogP contribution in [0.3, 0.4) is 0 Å². The molecule has 1 aliphatic heterocycles. The van der Waals surface area contributed by atoms with Crippen LogP contribution in [-0.2, 0) is 11.3 Å². The van der Waals surface area contributed by atoms with E-state index in [1.54, 1.807) is 29.8 Å². The molecule has 1 amide bonds. The van der Waals surface area contributed by atoms with Gasteiger partial charge in [-0.1, -0.05) is 18.2 Å². The minimum atomic E-state index is -2.56. The molecule has 0 bridgehead atoms. The second-order valence-corrected chi connectivity index (χ2v) is 8.58. The van der Waals surface area contributed by atoms with Gasteiger partial charge >= 0.3 is 0 Å². The third kappa shape index (κ3) is 4.40. The molecule has 1 fully saturated rings. The van der Waals surface area contributed by atoms with Crippen molar-refractivity contribution >= 4 is 28.4 Å². The lowest BCUT2D eigenvalue weighted by Crippen LogP contribution is -2.50. The van der Waals surface area contributed by atoms with E-state index in [4.69, 9.17) is 4.74 Å². The summed E-state index contributed by atoms with van der Waals surface area (Å²) < 4.78 is 49.0. The van der Waals surface area contributed by atoms with Crippen LogP contribution in [-0.4, -0.2) is 79.2 Å². The summed E-state index contributed by atoms with van der Waals surface area (Å²) in [5, 5.41) is 15.3. The van der Waals surface area contributed by atoms with Crippen molar-refractivity contribution in [2.75, 3.05) is 25.5 Å². The summed E-state index contributed by atoms with van der Waals surface area (Å²) in [5.74, 6) is 0.390. The molecule has 1 aliphatic rings. The molecule has 0 saturated carbocycles. The number of nitrogens with one attached hydrogen (secondary N) is 1. The van der Waals surface area contributed by atoms with Gasteiger partial charge < -0.3 is 15.0 Å². The number of methoxy groups -OCH3 is 1. The number of hydrogen-bond acceptors (Lipinski definition) is 7. The molecule has 1 aromatic carbocycles. The molecule has 190 valence electrons. The summed E-state index contributed by atoms with van der Waals surface area (Å²) in [4.78, 5) is 17.9. The Kier molecular flexibility index (Phi) is 6.37. The number of alkyl halides is 3. The summed E-state index contributed by atoms with van der Waals surface area (Å²) in [7, 11) is 1.47. The first-order chi connectivity index (χ1) is 17.4. The van der Waals surface area contributed by atoms with Crippen molar-refractivity contribution in [3.8, 4) is 17.0 Å². The van der Waals surface area contributed by atoms with Crippen molar-refractivity contribution < 1.29 is 22.7 Å². The summed E-state index contributed by atoms with van der Waals surface area (Å²) in [5.41, 5.74) is 3.00. The molecule has 4 aromatic rings. The van der Waals surface area contributed by atoms with Gasteiger partial charge in [-0.15, -0.1) is 10.2 Å². The highest BCUT2D eigenvalue weighted by molar-refractivity contribution is 5.89. The number of aromatic nitrogens is 6. The second-order valence-electron chi connectivity index (χ2n) is 8.58. The molecular weight excluding hydrogens is 477 g/mol. The number of fused-ring (bicyclic) bond motifs is 2. The van der Waals surface area contributed by atoms with Crippen molar-refractivity contribution in [2.24, 2.45) is 0 Å². The van der Waals surface area contributed by atoms with Crippen LogP contribution >= 0.6 is 0 Å². The lowest BCUT2D eigenvalue weighted by Gasteiger charge is -2.34. The van der Waals surface area contributed by atoms with Gasteiger partial charge in [0, 0.05) is 24.7 Å². The van der Waals surface area contributed by atoms with Crippen LogP contribution in [0.25, 0.3) is 27.7 Å². The Morgan fingerprint density at radius 3 is 2.86 bits per heavy atom. The van der Waals surface area contributed by atoms with E-state index >= 15 is 0 Å². The predicted octanol–water partition coefficient (Wildman–Crippen LogP) is 3.18. The van der Waals surface area contributed by atoms with Crippen molar-refractivity contribution in [1.82, 2.24) is 34.5 Å². The zero-order valence-electron chi connectivity index (χ0n) is 19.7. The van der Waals surface area contributed by atoms with Gasteiger partial charge in [0.05, 0.1) is 25.2 Å². The van der Waals surface area contributed by atoms with Crippen molar-refractivity contribution in [3.05, 3.63) is 30.5 Å². The lowest BCUT2D eigenvalue weighted by atomic mass is 10.0. The van der Waals surface area contributed by atoms with Gasteiger partial charge in [-0.2, -0.15) is 4.98 Å². The van der Waals surface area contributed by atoms with E-state index in [1.807, 2.05) is 12.1 Å². The van der Waals surface area contributed by atoms with Crippen LogP contribution in [0, 0.1) is 0 Å². The fraction of sp³-hybridized carbons (Fsp3) is 0.435. The number of carbonyl (C=O) groups is 1. The Labute approximate surface area is 204 Å². The van der Waals surface area contributed by atoms with Gasteiger partial charge in [-0.3, -0.25) is 4.79 Å². The Morgan fingerprint density at radius 2 is 2.14 bits per heavy atom. The van der Waals surface area contributed by atoms with E-state index < -0.39 is 25.2 Å². The number of ether oxygens (including phenoxy) is 1. The van der Waals surface area contributed by atoms with Gasteiger partial charge in [-0.25, -0.2) is 22.4 Å². The standard InChI is InChI=1S/C23H25F3N8O2/c1-3-20(35)32-8-7-16(15(24)11-32)27-23-28-22(36-2)21-14(6-9-33(21)30-23)13-4-5-17-18(10-13)34(31-29-17)12-19(25)26/h4-6,9-10,15-16,19H,3,7-8,11-12H2,1-2H3,(H,27,30)/t15-,16+/m0/s1. The van der Waals surface area contributed by atoms with E-state index in [2.05, 4.69) is 25.7 Å². The van der Waals surface area contributed by atoms with Crippen LogP contribution in [0.15, 0.2) is 30.5 Å². The highest BCUT2D eigenvalue weighted by Gasteiger charge is 2.32. The number of likely N-dealkylation sites (tertiary alicyclic amines) is 1. The molecular formula is C23H25F3N8O2. The Bertz CT molecular complexity index is 1410. The highest BCUT2D eigenvalue weighted by Crippen LogP contribution is 2.33. The van der Waals surface area contributed by atoms with E-state index in [1.165, 1.54) is 16.7 Å². The van der Waals surface area contributed by atoms with Crippen LogP contribution < -0.4 is 10.1 Å². The number of carbonyl (C=O) groups excluding carboxylic acids is 1. The fourth-order valence-corrected chi connectivity index (χ4v) is 4.51. The number of piperidine rings is 1. The predicted molar refractivity (Wildman–Crippen MR) is 126 cm³/mol. The summed E-state index contributed by atoms with van der Waals surface area (Å²) in [6, 6.07) is 6.52. The zero-order valence-corrected chi connectivity index (χ0v) is 19.7. The van der Waals surface area contributed by atoms with E-state index in [0.717, 1.165) is 11.1 Å². The van der Waals surface area contributed by atoms with E-state index in [9.17, 15) is 18.0 Å². The fourth-order valence-electron chi connectivity index (χ4n) is 4.51. The minimum absolute atomic E-state index is 0.0247. The van der Waals surface area contributed by atoms with Gasteiger partial charge in [-0.05, 0) is 30.2 Å². The summed E-state index contributed by atoms with van der Waals surface area (Å²) in [6.07, 6.45) is -1.34. The average Bonchev–Trinajstić information content (AvgIpc) is 3.47. The Balaban J connectivity index is 1.44. The monoisotopic (exact) mass is 502 g/mol. The zero-order chi connectivity index (χ0) is 25.4. The number of hydrogen-bond donors (Lipinski definition) is 1. The van der Waals surface area contributed by atoms with E-state index in [0.29, 0.717) is 35.9 Å². The SMILES string of the molecule is CCC(=O)N1CC[C@@H](Nc2nc(OC)c3c(-c4ccc5nnn(CC(F)F)c5c4)ccn3n2)[C@@H](F)C1. The Hall–Kier alpha value is -3.90. The molecule has 4 heterocycles. The number of halogens is 3. The first-order valence-electron chi connectivity index (χ1n) is 11.6. The second kappa shape index (κ2) is 9.63. The number of anilines is 1. The average molecular weight is 503 g/mol. The molecule has 13 heteroatoms. The summed E-state index contributed by atoms with van der Waals surface area (Å²) >= 11 is 0. The first-order valence-corrected chi connectivity index (χ1v) is 11.6. The number of rotatable bonds is 7. The van der Waals surface area contributed by atoms with Crippen molar-refractivity contribution in [1.29, 1.82) is 0 Å². The molecule has 1 saturated heterocycles. The third-order valence-electron chi connectivity index (χ3n) is 6.32. The van der Waals surface area contributed by atoms with E-state index in [-0.39, 0.29) is 24.3 Å². The number of benzene rings is 1. The molecule has 0 spiro atoms. The number of nitrogens with zero attached hydrogens (tertiary/aromatic N) is 7. The maximum atomic E-state index is 14.8. The molecule has 36 heavy (non-hydrogen) atoms. The molecule has 3 aromatic heterocycles. The van der Waals surface area contributed by atoms with Crippen LogP contribution in [0.1, 0.15) is 19.8 Å². The van der Waals surface area contributed by atoms with Crippen molar-refractivity contribution in [2.45, 2.75) is 44.9 Å². The van der Waals surface area contributed by atoms with Gasteiger partial charge in [0.1, 0.15) is 23.7 Å². The largest absolute Gasteiger partial charge is 0.479 e. The Morgan fingerprint density at radius 1 is 1.31 bits per heavy atom. The van der Waals surface area contributed by atoms with Gasteiger partial charge in [0.2, 0.25) is 17.7 Å². The maximum absolute atomic E-state index is 14.8. The summed E-state index contributed by atoms with van der Waals surface area (Å²) in [6.45, 7) is 1.68. The van der Waals surface area contributed by atoms with Crippen LogP contribution in [0.4, 0.5) is 19.1 Å². The highest BCUT2D eigenvalue weighted by atomic mass is 19.3. The number of amides is 1. The van der Waals surface area contributed by atoms with Gasteiger partial charge in [0.15, 0.2) is 0 Å². The smallest absolute Gasteiger partial charge is 0.258 e. The lowest BCUT2D eigenvalue weighted by molar-refractivity contribution is -0.133. The van der Waals surface area contributed by atoms with Crippen LogP contribution in [0.2, 0.25) is 0 Å². The topological polar surface area (TPSA) is 102 Å². The maximum Gasteiger partial charge on any atom is 0.258 e. The third-order valence-corrected chi connectivity index (χ3v) is 6.32. The molecule has 1 N–H and O–H groups in total. The molecule has 0 aliphatic carbocycles. The molecule has 0 radical (unpaired) electrons. The molecule has 10 nitrogen and oxygen atoms in total. The molecule has 5 rings (SSSR count). The molecule has 0 unspecified atom stereocenters. The normalized spacial score (nSPS) is 18.3. The quantitative estimate of drug-likeness (QED) is 0.414. The van der Waals surface area contributed by atoms with Crippen LogP contribution in [0.5, 0.6) is 5.88 Å². The minimum Gasteiger partial charge on any atom is -0.479 e. The van der Waals surface area contributed by atoms with Crippen molar-refractivity contribution in [3.63, 3.8) is 0 Å².